The quantitative estimate of drug-likeness (QED) is 0.889. The van der Waals surface area contributed by atoms with Gasteiger partial charge in [0.15, 0.2) is 11.5 Å². The number of hydrogen-bond donors (Lipinski definition) is 1. The van der Waals surface area contributed by atoms with Crippen LogP contribution in [0.4, 0.5) is 10.1 Å². The molecule has 116 valence electrons. The van der Waals surface area contributed by atoms with Gasteiger partial charge in [-0.25, -0.2) is 4.39 Å². The van der Waals surface area contributed by atoms with Gasteiger partial charge in [0.25, 0.3) is 0 Å². The first-order chi connectivity index (χ1) is 10.6. The lowest BCUT2D eigenvalue weighted by molar-refractivity contribution is -0.116. The molecule has 5 heteroatoms. The molecule has 0 fully saturated rings. The Hall–Kier alpha value is -2.56. The Bertz CT molecular complexity index is 658. The van der Waals surface area contributed by atoms with Crippen molar-refractivity contribution in [2.75, 3.05) is 19.5 Å². The Kier molecular flexibility index (Phi) is 5.36. The lowest BCUT2D eigenvalue weighted by Crippen LogP contribution is -2.13. The van der Waals surface area contributed by atoms with Crippen molar-refractivity contribution < 1.29 is 18.7 Å². The van der Waals surface area contributed by atoms with Crippen LogP contribution < -0.4 is 14.8 Å². The van der Waals surface area contributed by atoms with Crippen LogP contribution in [0.3, 0.4) is 0 Å². The summed E-state index contributed by atoms with van der Waals surface area (Å²) in [6.07, 6.45) is 0.782. The van der Waals surface area contributed by atoms with Crippen LogP contribution >= 0.6 is 0 Å². The second-order valence-electron chi connectivity index (χ2n) is 4.72. The van der Waals surface area contributed by atoms with Crippen molar-refractivity contribution in [1.82, 2.24) is 0 Å². The summed E-state index contributed by atoms with van der Waals surface area (Å²) in [5, 5.41) is 2.56. The normalized spacial score (nSPS) is 10.1. The van der Waals surface area contributed by atoms with Gasteiger partial charge in [0.1, 0.15) is 5.82 Å². The number of benzene rings is 2. The summed E-state index contributed by atoms with van der Waals surface area (Å²) >= 11 is 0. The van der Waals surface area contributed by atoms with Gasteiger partial charge in [-0.3, -0.25) is 4.79 Å². The van der Waals surface area contributed by atoms with Gasteiger partial charge in [-0.1, -0.05) is 18.2 Å². The number of methoxy groups -OCH3 is 2. The van der Waals surface area contributed by atoms with Gasteiger partial charge in [-0.15, -0.1) is 0 Å². The number of amides is 1. The molecule has 0 saturated heterocycles. The van der Waals surface area contributed by atoms with E-state index in [1.807, 2.05) is 12.1 Å². The molecule has 0 unspecified atom stereocenters. The number of halogens is 1. The zero-order chi connectivity index (χ0) is 15.9. The van der Waals surface area contributed by atoms with Crippen LogP contribution in [-0.2, 0) is 11.2 Å². The Morgan fingerprint density at radius 2 is 1.82 bits per heavy atom. The third kappa shape index (κ3) is 3.97. The molecule has 0 aliphatic carbocycles. The highest BCUT2D eigenvalue weighted by atomic mass is 19.1. The van der Waals surface area contributed by atoms with E-state index >= 15 is 0 Å². The van der Waals surface area contributed by atoms with Gasteiger partial charge in [-0.2, -0.15) is 0 Å². The summed E-state index contributed by atoms with van der Waals surface area (Å²) in [6, 6.07) is 11.6. The van der Waals surface area contributed by atoms with E-state index in [1.165, 1.54) is 12.1 Å². The second kappa shape index (κ2) is 7.45. The summed E-state index contributed by atoms with van der Waals surface area (Å²) in [6.45, 7) is 0. The standard InChI is InChI=1S/C17H18FNO3/c1-21-15-9-7-12(11-16(15)22-2)8-10-17(20)19-14-6-4-3-5-13(14)18/h3-7,9,11H,8,10H2,1-2H3,(H,19,20). The molecule has 2 aromatic carbocycles. The lowest BCUT2D eigenvalue weighted by atomic mass is 10.1. The topological polar surface area (TPSA) is 47.6 Å². The van der Waals surface area contributed by atoms with Crippen LogP contribution in [0.25, 0.3) is 0 Å². The maximum Gasteiger partial charge on any atom is 0.224 e. The minimum atomic E-state index is -0.443. The number of carbonyl (C=O) groups excluding carboxylic acids is 1. The van der Waals surface area contributed by atoms with E-state index in [0.29, 0.717) is 17.9 Å². The molecular weight excluding hydrogens is 285 g/mol. The van der Waals surface area contributed by atoms with E-state index in [2.05, 4.69) is 5.32 Å². The van der Waals surface area contributed by atoms with Crippen LogP contribution in [0, 0.1) is 5.82 Å². The number of nitrogens with one attached hydrogen (secondary N) is 1. The average Bonchev–Trinajstić information content (AvgIpc) is 2.54. The summed E-state index contributed by atoms with van der Waals surface area (Å²) in [4.78, 5) is 11.9. The fourth-order valence-electron chi connectivity index (χ4n) is 2.07. The van der Waals surface area contributed by atoms with Crippen LogP contribution in [0.1, 0.15) is 12.0 Å². The first kappa shape index (κ1) is 15.8. The molecule has 0 saturated carbocycles. The van der Waals surface area contributed by atoms with E-state index in [0.717, 1.165) is 5.56 Å². The Morgan fingerprint density at radius 3 is 2.50 bits per heavy atom. The van der Waals surface area contributed by atoms with E-state index in [-0.39, 0.29) is 18.0 Å². The highest BCUT2D eigenvalue weighted by molar-refractivity contribution is 5.90. The molecule has 0 atom stereocenters. The van der Waals surface area contributed by atoms with Crippen LogP contribution in [-0.4, -0.2) is 20.1 Å². The molecule has 1 amide bonds. The molecule has 0 radical (unpaired) electrons. The SMILES string of the molecule is COc1ccc(CCC(=O)Nc2ccccc2F)cc1OC. The number of carbonyl (C=O) groups is 1. The number of para-hydroxylation sites is 1. The minimum Gasteiger partial charge on any atom is -0.493 e. The van der Waals surface area contributed by atoms with E-state index in [4.69, 9.17) is 9.47 Å². The third-order valence-electron chi connectivity index (χ3n) is 3.24. The van der Waals surface area contributed by atoms with Crippen molar-refractivity contribution >= 4 is 11.6 Å². The number of hydrogen-bond acceptors (Lipinski definition) is 3. The van der Waals surface area contributed by atoms with Crippen LogP contribution in [0.2, 0.25) is 0 Å². The van der Waals surface area contributed by atoms with Gasteiger partial charge >= 0.3 is 0 Å². The molecule has 2 rings (SSSR count). The molecule has 0 spiro atoms. The minimum absolute atomic E-state index is 0.194. The van der Waals surface area contributed by atoms with Gasteiger partial charge in [0.05, 0.1) is 19.9 Å². The van der Waals surface area contributed by atoms with E-state index in [1.54, 1.807) is 32.4 Å². The van der Waals surface area contributed by atoms with E-state index < -0.39 is 5.82 Å². The molecule has 2 aromatic rings. The van der Waals surface area contributed by atoms with Crippen molar-refractivity contribution in [2.24, 2.45) is 0 Å². The molecule has 0 aliphatic rings. The van der Waals surface area contributed by atoms with Crippen LogP contribution in [0.5, 0.6) is 11.5 Å². The molecule has 4 nitrogen and oxygen atoms in total. The van der Waals surface area contributed by atoms with Crippen LogP contribution in [0.15, 0.2) is 42.5 Å². The summed E-state index contributed by atoms with van der Waals surface area (Å²) in [5.74, 6) is 0.582. The first-order valence-electron chi connectivity index (χ1n) is 6.89. The molecule has 0 bridgehead atoms. The zero-order valence-electron chi connectivity index (χ0n) is 12.6. The van der Waals surface area contributed by atoms with Gasteiger partial charge in [-0.05, 0) is 36.2 Å². The number of ether oxygens (including phenoxy) is 2. The summed E-state index contributed by atoms with van der Waals surface area (Å²) < 4.78 is 23.8. The maximum absolute atomic E-state index is 13.5. The zero-order valence-corrected chi connectivity index (χ0v) is 12.6. The largest absolute Gasteiger partial charge is 0.493 e. The van der Waals surface area contributed by atoms with Crippen molar-refractivity contribution in [3.63, 3.8) is 0 Å². The molecule has 0 aliphatic heterocycles. The van der Waals surface area contributed by atoms with Crippen molar-refractivity contribution in [3.8, 4) is 11.5 Å². The predicted octanol–water partition coefficient (Wildman–Crippen LogP) is 3.41. The Labute approximate surface area is 128 Å². The average molecular weight is 303 g/mol. The Balaban J connectivity index is 1.95. The Morgan fingerprint density at radius 1 is 1.09 bits per heavy atom. The smallest absolute Gasteiger partial charge is 0.224 e. The highest BCUT2D eigenvalue weighted by Crippen LogP contribution is 2.28. The monoisotopic (exact) mass is 303 g/mol. The van der Waals surface area contributed by atoms with E-state index in [9.17, 15) is 9.18 Å². The van der Waals surface area contributed by atoms with Gasteiger partial charge in [0.2, 0.25) is 5.91 Å². The molecular formula is C17H18FNO3. The van der Waals surface area contributed by atoms with Gasteiger partial charge < -0.3 is 14.8 Å². The van der Waals surface area contributed by atoms with Crippen molar-refractivity contribution in [3.05, 3.63) is 53.8 Å². The predicted molar refractivity (Wildman–Crippen MR) is 82.9 cm³/mol. The second-order valence-corrected chi connectivity index (χ2v) is 4.72. The third-order valence-corrected chi connectivity index (χ3v) is 3.24. The summed E-state index contributed by atoms with van der Waals surface area (Å²) in [5.41, 5.74) is 1.14. The lowest BCUT2D eigenvalue weighted by Gasteiger charge is -2.10. The molecule has 0 heterocycles. The fraction of sp³-hybridized carbons (Fsp3) is 0.235. The fourth-order valence-corrected chi connectivity index (χ4v) is 2.07. The maximum atomic E-state index is 13.5. The first-order valence-corrected chi connectivity index (χ1v) is 6.89. The highest BCUT2D eigenvalue weighted by Gasteiger charge is 2.08. The van der Waals surface area contributed by atoms with Crippen molar-refractivity contribution in [1.29, 1.82) is 0 Å². The summed E-state index contributed by atoms with van der Waals surface area (Å²) in [7, 11) is 3.13. The molecule has 22 heavy (non-hydrogen) atoms. The number of aryl methyl sites for hydroxylation is 1. The van der Waals surface area contributed by atoms with Gasteiger partial charge in [0, 0.05) is 6.42 Å². The number of rotatable bonds is 6. The number of anilines is 1. The van der Waals surface area contributed by atoms with Crippen molar-refractivity contribution in [2.45, 2.75) is 12.8 Å². The molecule has 1 N–H and O–H groups in total. The molecule has 0 aromatic heterocycles.